The van der Waals surface area contributed by atoms with Crippen LogP contribution in [-0.4, -0.2) is 11.7 Å². The zero-order valence-corrected chi connectivity index (χ0v) is 12.1. The maximum atomic E-state index is 9.51. The predicted octanol–water partition coefficient (Wildman–Crippen LogP) is 4.21. The Hall–Kier alpha value is -0.730. The van der Waals surface area contributed by atoms with Crippen molar-refractivity contribution >= 4 is 11.6 Å². The third kappa shape index (κ3) is 2.75. The largest absolute Gasteiger partial charge is 0.492 e. The molecule has 0 aliphatic heterocycles. The van der Waals surface area contributed by atoms with Crippen LogP contribution in [-0.2, 0) is 0 Å². The fourth-order valence-electron chi connectivity index (χ4n) is 3.67. The second kappa shape index (κ2) is 5.34. The highest BCUT2D eigenvalue weighted by Gasteiger charge is 2.39. The van der Waals surface area contributed by atoms with Gasteiger partial charge in [0.2, 0.25) is 0 Å². The van der Waals surface area contributed by atoms with Crippen LogP contribution >= 0.6 is 11.6 Å². The SMILES string of the molecule is C[C@@H](O)c1ccc(OCC2CC3CCC2C3)c(Cl)c1. The number of aliphatic hydroxyl groups is 1. The lowest BCUT2D eigenvalue weighted by Crippen LogP contribution is -2.18. The molecule has 2 nitrogen and oxygen atoms in total. The molecular formula is C16H21ClO2. The van der Waals surface area contributed by atoms with Gasteiger partial charge in [-0.2, -0.15) is 0 Å². The van der Waals surface area contributed by atoms with Crippen LogP contribution < -0.4 is 4.74 Å². The number of ether oxygens (including phenoxy) is 1. The molecule has 2 aliphatic carbocycles. The molecule has 2 saturated carbocycles. The van der Waals surface area contributed by atoms with Gasteiger partial charge in [0.05, 0.1) is 17.7 Å². The molecule has 0 aromatic heterocycles. The van der Waals surface area contributed by atoms with Crippen LogP contribution in [0.3, 0.4) is 0 Å². The minimum absolute atomic E-state index is 0.489. The van der Waals surface area contributed by atoms with E-state index in [1.165, 1.54) is 25.7 Å². The average molecular weight is 281 g/mol. The summed E-state index contributed by atoms with van der Waals surface area (Å²) >= 11 is 6.20. The van der Waals surface area contributed by atoms with E-state index in [-0.39, 0.29) is 0 Å². The van der Waals surface area contributed by atoms with Crippen LogP contribution in [0.4, 0.5) is 0 Å². The molecule has 1 N–H and O–H groups in total. The van der Waals surface area contributed by atoms with E-state index in [1.807, 2.05) is 12.1 Å². The molecule has 3 heteroatoms. The van der Waals surface area contributed by atoms with E-state index >= 15 is 0 Å². The summed E-state index contributed by atoms with van der Waals surface area (Å²) in [6.45, 7) is 2.52. The molecule has 0 amide bonds. The van der Waals surface area contributed by atoms with Crippen LogP contribution in [0.5, 0.6) is 5.75 Å². The third-order valence-electron chi connectivity index (χ3n) is 4.78. The smallest absolute Gasteiger partial charge is 0.137 e. The van der Waals surface area contributed by atoms with Crippen LogP contribution in [0.15, 0.2) is 18.2 Å². The number of benzene rings is 1. The minimum Gasteiger partial charge on any atom is -0.492 e. The molecule has 1 aromatic rings. The first kappa shape index (κ1) is 13.3. The first-order valence-electron chi connectivity index (χ1n) is 7.24. The van der Waals surface area contributed by atoms with Crippen molar-refractivity contribution in [3.63, 3.8) is 0 Å². The number of halogens is 1. The Kier molecular flexibility index (Phi) is 3.72. The number of hydrogen-bond donors (Lipinski definition) is 1. The molecule has 3 rings (SSSR count). The van der Waals surface area contributed by atoms with E-state index < -0.39 is 6.10 Å². The van der Waals surface area contributed by atoms with Crippen molar-refractivity contribution in [3.8, 4) is 5.75 Å². The molecule has 0 spiro atoms. The van der Waals surface area contributed by atoms with Gasteiger partial charge in [-0.25, -0.2) is 0 Å². The predicted molar refractivity (Wildman–Crippen MR) is 76.5 cm³/mol. The van der Waals surface area contributed by atoms with Gasteiger partial charge >= 0.3 is 0 Å². The summed E-state index contributed by atoms with van der Waals surface area (Å²) in [5, 5.41) is 10.1. The molecule has 4 atom stereocenters. The van der Waals surface area contributed by atoms with Crippen LogP contribution in [0, 0.1) is 17.8 Å². The normalized spacial score (nSPS) is 30.6. The van der Waals surface area contributed by atoms with Gasteiger partial charge in [-0.3, -0.25) is 0 Å². The first-order valence-corrected chi connectivity index (χ1v) is 7.61. The molecule has 1 aromatic carbocycles. The zero-order valence-electron chi connectivity index (χ0n) is 11.3. The molecule has 2 aliphatic rings. The quantitative estimate of drug-likeness (QED) is 0.895. The summed E-state index contributed by atoms with van der Waals surface area (Å²) < 4.78 is 5.89. The van der Waals surface area contributed by atoms with Gasteiger partial charge in [0.15, 0.2) is 0 Å². The van der Waals surface area contributed by atoms with E-state index in [2.05, 4.69) is 0 Å². The number of aliphatic hydroxyl groups excluding tert-OH is 1. The molecule has 0 heterocycles. The van der Waals surface area contributed by atoms with Gasteiger partial charge in [-0.1, -0.05) is 24.1 Å². The van der Waals surface area contributed by atoms with Gasteiger partial charge in [-0.05, 0) is 61.6 Å². The van der Waals surface area contributed by atoms with E-state index in [0.29, 0.717) is 10.9 Å². The van der Waals surface area contributed by atoms with Crippen molar-refractivity contribution in [2.45, 2.75) is 38.7 Å². The van der Waals surface area contributed by atoms with Crippen molar-refractivity contribution in [1.82, 2.24) is 0 Å². The van der Waals surface area contributed by atoms with Crippen molar-refractivity contribution in [1.29, 1.82) is 0 Å². The second-order valence-electron chi connectivity index (χ2n) is 6.11. The monoisotopic (exact) mass is 280 g/mol. The highest BCUT2D eigenvalue weighted by Crippen LogP contribution is 2.48. The van der Waals surface area contributed by atoms with Crippen molar-refractivity contribution in [2.24, 2.45) is 17.8 Å². The zero-order chi connectivity index (χ0) is 13.4. The van der Waals surface area contributed by atoms with Gasteiger partial charge in [0.1, 0.15) is 5.75 Å². The Labute approximate surface area is 119 Å². The highest BCUT2D eigenvalue weighted by molar-refractivity contribution is 6.32. The van der Waals surface area contributed by atoms with Crippen molar-refractivity contribution in [2.75, 3.05) is 6.61 Å². The summed E-state index contributed by atoms with van der Waals surface area (Å²) in [5.41, 5.74) is 0.831. The van der Waals surface area contributed by atoms with Crippen LogP contribution in [0.2, 0.25) is 5.02 Å². The van der Waals surface area contributed by atoms with E-state index in [0.717, 1.165) is 29.8 Å². The van der Waals surface area contributed by atoms with E-state index in [4.69, 9.17) is 16.3 Å². The summed E-state index contributed by atoms with van der Waals surface area (Å²) in [6, 6.07) is 5.55. The molecule has 104 valence electrons. The third-order valence-corrected chi connectivity index (χ3v) is 5.07. The maximum absolute atomic E-state index is 9.51. The molecule has 19 heavy (non-hydrogen) atoms. The topological polar surface area (TPSA) is 29.5 Å². The number of fused-ring (bicyclic) bond motifs is 2. The average Bonchev–Trinajstić information content (AvgIpc) is 2.99. The van der Waals surface area contributed by atoms with Crippen LogP contribution in [0.25, 0.3) is 0 Å². The Morgan fingerprint density at radius 2 is 2.21 bits per heavy atom. The van der Waals surface area contributed by atoms with E-state index in [9.17, 15) is 5.11 Å². The molecule has 2 fully saturated rings. The van der Waals surface area contributed by atoms with Crippen molar-refractivity contribution in [3.05, 3.63) is 28.8 Å². The summed E-state index contributed by atoms with van der Waals surface area (Å²) in [5.74, 6) is 3.28. The van der Waals surface area contributed by atoms with Crippen molar-refractivity contribution < 1.29 is 9.84 Å². The fourth-order valence-corrected chi connectivity index (χ4v) is 3.91. The summed E-state index contributed by atoms with van der Waals surface area (Å²) in [7, 11) is 0. The molecule has 0 saturated heterocycles. The summed E-state index contributed by atoms with van der Waals surface area (Å²) in [4.78, 5) is 0. The van der Waals surface area contributed by atoms with Crippen LogP contribution in [0.1, 0.15) is 44.3 Å². The standard InChI is InChI=1S/C16H21ClO2/c1-10(18)12-4-5-16(15(17)8-12)19-9-14-7-11-2-3-13(14)6-11/h4-5,8,10-11,13-14,18H,2-3,6-7,9H2,1H3/t10-,11?,13?,14?/m1/s1. The Bertz CT molecular complexity index is 458. The fraction of sp³-hybridized carbons (Fsp3) is 0.625. The number of rotatable bonds is 4. The number of hydrogen-bond acceptors (Lipinski definition) is 2. The lowest BCUT2D eigenvalue weighted by atomic mass is 9.89. The molecule has 0 radical (unpaired) electrons. The first-order chi connectivity index (χ1) is 9.13. The summed E-state index contributed by atoms with van der Waals surface area (Å²) in [6.07, 6.45) is 5.05. The van der Waals surface area contributed by atoms with Gasteiger partial charge < -0.3 is 9.84 Å². The maximum Gasteiger partial charge on any atom is 0.137 e. The lowest BCUT2D eigenvalue weighted by Gasteiger charge is -2.22. The molecular weight excluding hydrogens is 260 g/mol. The lowest BCUT2D eigenvalue weighted by molar-refractivity contribution is 0.193. The Morgan fingerprint density at radius 3 is 2.79 bits per heavy atom. The van der Waals surface area contributed by atoms with Gasteiger partial charge in [0, 0.05) is 0 Å². The van der Waals surface area contributed by atoms with Gasteiger partial charge in [-0.15, -0.1) is 0 Å². The minimum atomic E-state index is -0.489. The molecule has 3 unspecified atom stereocenters. The molecule has 2 bridgehead atoms. The van der Waals surface area contributed by atoms with E-state index in [1.54, 1.807) is 13.0 Å². The Balaban J connectivity index is 1.61. The van der Waals surface area contributed by atoms with Gasteiger partial charge in [0.25, 0.3) is 0 Å². The highest BCUT2D eigenvalue weighted by atomic mass is 35.5. The second-order valence-corrected chi connectivity index (χ2v) is 6.52. The Morgan fingerprint density at radius 1 is 1.37 bits per heavy atom.